The minimum Gasteiger partial charge on any atom is -0.326 e. The second kappa shape index (κ2) is 4.30. The Morgan fingerprint density at radius 1 is 1.42 bits per heavy atom. The fourth-order valence-electron chi connectivity index (χ4n) is 2.47. The summed E-state index contributed by atoms with van der Waals surface area (Å²) in [5, 5.41) is 0. The summed E-state index contributed by atoms with van der Waals surface area (Å²) in [6.45, 7) is 4.05. The van der Waals surface area contributed by atoms with Crippen LogP contribution in [0, 0.1) is 5.82 Å². The van der Waals surface area contributed by atoms with Crippen LogP contribution in [0.4, 0.5) is 4.39 Å². The molecule has 19 heavy (non-hydrogen) atoms. The molecule has 1 fully saturated rings. The predicted octanol–water partition coefficient (Wildman–Crippen LogP) is 3.18. The SMILES string of the molecule is CC(C)(N)CCc1nc2cc(F)ccc2n1C1CC1. The minimum atomic E-state index is -0.223. The molecule has 0 saturated heterocycles. The van der Waals surface area contributed by atoms with Gasteiger partial charge in [0, 0.05) is 24.1 Å². The van der Waals surface area contributed by atoms with Gasteiger partial charge in [0.05, 0.1) is 11.0 Å². The van der Waals surface area contributed by atoms with Crippen molar-refractivity contribution in [3.63, 3.8) is 0 Å². The van der Waals surface area contributed by atoms with Crippen molar-refractivity contribution in [2.45, 2.75) is 51.1 Å². The number of hydrogen-bond donors (Lipinski definition) is 1. The molecule has 3 rings (SSSR count). The topological polar surface area (TPSA) is 43.8 Å². The summed E-state index contributed by atoms with van der Waals surface area (Å²) in [7, 11) is 0. The standard InChI is InChI=1S/C15H20FN3/c1-15(2,17)8-7-14-18-12-9-10(16)3-6-13(12)19(14)11-4-5-11/h3,6,9,11H,4-5,7-8,17H2,1-2H3. The van der Waals surface area contributed by atoms with E-state index in [1.54, 1.807) is 0 Å². The molecule has 0 atom stereocenters. The number of halogens is 1. The van der Waals surface area contributed by atoms with E-state index in [0.29, 0.717) is 6.04 Å². The van der Waals surface area contributed by atoms with Crippen LogP contribution in [0.3, 0.4) is 0 Å². The Bertz CT molecular complexity index is 606. The van der Waals surface area contributed by atoms with Crippen LogP contribution in [-0.2, 0) is 6.42 Å². The molecular formula is C15H20FN3. The van der Waals surface area contributed by atoms with Gasteiger partial charge < -0.3 is 10.3 Å². The fraction of sp³-hybridized carbons (Fsp3) is 0.533. The van der Waals surface area contributed by atoms with Crippen LogP contribution in [0.25, 0.3) is 11.0 Å². The van der Waals surface area contributed by atoms with E-state index >= 15 is 0 Å². The molecule has 2 aromatic rings. The average Bonchev–Trinajstić information content (AvgIpc) is 3.07. The van der Waals surface area contributed by atoms with Gasteiger partial charge in [-0.25, -0.2) is 9.37 Å². The monoisotopic (exact) mass is 261 g/mol. The van der Waals surface area contributed by atoms with Crippen molar-refractivity contribution in [2.75, 3.05) is 0 Å². The Labute approximate surface area is 112 Å². The smallest absolute Gasteiger partial charge is 0.125 e. The maximum atomic E-state index is 13.3. The highest BCUT2D eigenvalue weighted by Gasteiger charge is 2.28. The van der Waals surface area contributed by atoms with Crippen molar-refractivity contribution in [1.82, 2.24) is 9.55 Å². The summed E-state index contributed by atoms with van der Waals surface area (Å²) in [5.41, 5.74) is 7.66. The highest BCUT2D eigenvalue weighted by Crippen LogP contribution is 2.39. The Morgan fingerprint density at radius 3 is 2.79 bits per heavy atom. The molecule has 3 nitrogen and oxygen atoms in total. The lowest BCUT2D eigenvalue weighted by Gasteiger charge is -2.18. The first-order chi connectivity index (χ1) is 8.94. The first kappa shape index (κ1) is 12.6. The van der Waals surface area contributed by atoms with Gasteiger partial charge in [-0.15, -0.1) is 0 Å². The quantitative estimate of drug-likeness (QED) is 0.918. The molecule has 0 aliphatic heterocycles. The second-order valence-electron chi connectivity index (χ2n) is 6.25. The molecule has 2 N–H and O–H groups in total. The maximum Gasteiger partial charge on any atom is 0.125 e. The van der Waals surface area contributed by atoms with Gasteiger partial charge in [0.1, 0.15) is 11.6 Å². The summed E-state index contributed by atoms with van der Waals surface area (Å²) in [6.07, 6.45) is 4.12. The third-order valence-corrected chi connectivity index (χ3v) is 3.63. The number of imidazole rings is 1. The van der Waals surface area contributed by atoms with E-state index in [-0.39, 0.29) is 11.4 Å². The molecule has 1 aliphatic rings. The highest BCUT2D eigenvalue weighted by molar-refractivity contribution is 5.76. The van der Waals surface area contributed by atoms with Crippen LogP contribution in [0.1, 0.15) is 45.0 Å². The number of rotatable bonds is 4. The zero-order chi connectivity index (χ0) is 13.6. The van der Waals surface area contributed by atoms with Crippen LogP contribution in [0.5, 0.6) is 0 Å². The fourth-order valence-corrected chi connectivity index (χ4v) is 2.47. The lowest BCUT2D eigenvalue weighted by Crippen LogP contribution is -2.32. The molecule has 0 spiro atoms. The van der Waals surface area contributed by atoms with Crippen molar-refractivity contribution in [2.24, 2.45) is 5.73 Å². The number of benzene rings is 1. The minimum absolute atomic E-state index is 0.197. The van der Waals surface area contributed by atoms with E-state index in [2.05, 4.69) is 9.55 Å². The van der Waals surface area contributed by atoms with Gasteiger partial charge in [-0.2, -0.15) is 0 Å². The number of hydrogen-bond acceptors (Lipinski definition) is 2. The molecule has 1 heterocycles. The largest absolute Gasteiger partial charge is 0.326 e. The third-order valence-electron chi connectivity index (χ3n) is 3.63. The second-order valence-corrected chi connectivity index (χ2v) is 6.25. The summed E-state index contributed by atoms with van der Waals surface area (Å²) in [5.74, 6) is 0.820. The van der Waals surface area contributed by atoms with Crippen LogP contribution >= 0.6 is 0 Å². The predicted molar refractivity (Wildman–Crippen MR) is 74.5 cm³/mol. The third kappa shape index (κ3) is 2.63. The van der Waals surface area contributed by atoms with Gasteiger partial charge in [0.15, 0.2) is 0 Å². The Hall–Kier alpha value is -1.42. The van der Waals surface area contributed by atoms with Crippen LogP contribution in [0.15, 0.2) is 18.2 Å². The van der Waals surface area contributed by atoms with Crippen molar-refractivity contribution in [3.05, 3.63) is 29.8 Å². The number of aryl methyl sites for hydroxylation is 1. The summed E-state index contributed by atoms with van der Waals surface area (Å²) < 4.78 is 15.6. The van der Waals surface area contributed by atoms with Crippen molar-refractivity contribution >= 4 is 11.0 Å². The highest BCUT2D eigenvalue weighted by atomic mass is 19.1. The van der Waals surface area contributed by atoms with Gasteiger partial charge in [-0.05, 0) is 45.2 Å². The van der Waals surface area contributed by atoms with Crippen LogP contribution in [0.2, 0.25) is 0 Å². The number of fused-ring (bicyclic) bond motifs is 1. The van der Waals surface area contributed by atoms with E-state index in [9.17, 15) is 4.39 Å². The van der Waals surface area contributed by atoms with Gasteiger partial charge in [0.2, 0.25) is 0 Å². The molecule has 0 bridgehead atoms. The van der Waals surface area contributed by atoms with Crippen LogP contribution in [-0.4, -0.2) is 15.1 Å². The van der Waals surface area contributed by atoms with Crippen LogP contribution < -0.4 is 5.73 Å². The molecule has 0 unspecified atom stereocenters. The molecule has 0 amide bonds. The van der Waals surface area contributed by atoms with Crippen molar-refractivity contribution in [3.8, 4) is 0 Å². The first-order valence-corrected chi connectivity index (χ1v) is 6.89. The van der Waals surface area contributed by atoms with Gasteiger partial charge in [-0.1, -0.05) is 0 Å². The molecule has 1 aromatic heterocycles. The van der Waals surface area contributed by atoms with Gasteiger partial charge in [0.25, 0.3) is 0 Å². The van der Waals surface area contributed by atoms with Gasteiger partial charge in [-0.3, -0.25) is 0 Å². The van der Waals surface area contributed by atoms with Crippen molar-refractivity contribution in [1.29, 1.82) is 0 Å². The Morgan fingerprint density at radius 2 is 2.16 bits per heavy atom. The molecule has 1 aromatic carbocycles. The van der Waals surface area contributed by atoms with Crippen molar-refractivity contribution < 1.29 is 4.39 Å². The molecule has 1 saturated carbocycles. The lowest BCUT2D eigenvalue weighted by molar-refractivity contribution is 0.465. The molecule has 4 heteroatoms. The zero-order valence-electron chi connectivity index (χ0n) is 11.5. The molecule has 102 valence electrons. The van der Waals surface area contributed by atoms with E-state index in [4.69, 9.17) is 5.73 Å². The average molecular weight is 261 g/mol. The van der Waals surface area contributed by atoms with E-state index in [1.165, 1.54) is 25.0 Å². The molecule has 0 radical (unpaired) electrons. The first-order valence-electron chi connectivity index (χ1n) is 6.89. The zero-order valence-corrected chi connectivity index (χ0v) is 11.5. The van der Waals surface area contributed by atoms with E-state index < -0.39 is 0 Å². The Balaban J connectivity index is 2.00. The molecular weight excluding hydrogens is 241 g/mol. The van der Waals surface area contributed by atoms with E-state index in [0.717, 1.165) is 29.7 Å². The normalized spacial score (nSPS) is 16.2. The van der Waals surface area contributed by atoms with E-state index in [1.807, 2.05) is 19.9 Å². The number of nitrogens with zero attached hydrogens (tertiary/aromatic N) is 2. The summed E-state index contributed by atoms with van der Waals surface area (Å²) in [6, 6.07) is 5.42. The maximum absolute atomic E-state index is 13.3. The number of aromatic nitrogens is 2. The Kier molecular flexibility index (Phi) is 2.86. The lowest BCUT2D eigenvalue weighted by atomic mass is 10.00. The molecule has 1 aliphatic carbocycles. The van der Waals surface area contributed by atoms with Gasteiger partial charge >= 0.3 is 0 Å². The number of nitrogens with two attached hydrogens (primary N) is 1. The summed E-state index contributed by atoms with van der Waals surface area (Å²) in [4.78, 5) is 4.61. The summed E-state index contributed by atoms with van der Waals surface area (Å²) >= 11 is 0.